The number of hydrogen-bond donors (Lipinski definition) is 1. The second-order valence-electron chi connectivity index (χ2n) is 7.88. The average molecular weight is 296 g/mol. The molecule has 4 nitrogen and oxygen atoms in total. The Bertz CT molecular complexity index is 385. The molecule has 0 aromatic carbocycles. The minimum Gasteiger partial charge on any atom is -0.342 e. The first-order valence-corrected chi connectivity index (χ1v) is 8.20. The van der Waals surface area contributed by atoms with E-state index < -0.39 is 0 Å². The second kappa shape index (κ2) is 6.80. The lowest BCUT2D eigenvalue weighted by Gasteiger charge is -2.46. The molecular weight excluding hydrogens is 264 g/mol. The van der Waals surface area contributed by atoms with Crippen LogP contribution in [0.4, 0.5) is 0 Å². The van der Waals surface area contributed by atoms with Crippen LogP contribution in [0.1, 0.15) is 61.3 Å². The SMILES string of the molecule is CCCC(C)CN1C(=O)C(C(C)C)NC(=O)C1C(C)(C)C. The van der Waals surface area contributed by atoms with Crippen LogP contribution in [0.3, 0.4) is 0 Å². The highest BCUT2D eigenvalue weighted by molar-refractivity contribution is 5.97. The van der Waals surface area contributed by atoms with Gasteiger partial charge in [-0.05, 0) is 23.7 Å². The zero-order valence-electron chi connectivity index (χ0n) is 14.7. The molecule has 0 bridgehead atoms. The molecule has 0 radical (unpaired) electrons. The van der Waals surface area contributed by atoms with Gasteiger partial charge in [0.15, 0.2) is 0 Å². The van der Waals surface area contributed by atoms with Gasteiger partial charge in [0.2, 0.25) is 11.8 Å². The summed E-state index contributed by atoms with van der Waals surface area (Å²) >= 11 is 0. The molecule has 1 heterocycles. The molecule has 0 saturated carbocycles. The van der Waals surface area contributed by atoms with Crippen molar-refractivity contribution in [3.63, 3.8) is 0 Å². The maximum Gasteiger partial charge on any atom is 0.246 e. The average Bonchev–Trinajstić information content (AvgIpc) is 2.31. The lowest BCUT2D eigenvalue weighted by Crippen LogP contribution is -2.68. The van der Waals surface area contributed by atoms with E-state index in [2.05, 4.69) is 19.2 Å². The van der Waals surface area contributed by atoms with Crippen LogP contribution >= 0.6 is 0 Å². The Hall–Kier alpha value is -1.06. The fourth-order valence-electron chi connectivity index (χ4n) is 3.17. The van der Waals surface area contributed by atoms with E-state index in [0.717, 1.165) is 12.8 Å². The molecule has 3 atom stereocenters. The first-order valence-electron chi connectivity index (χ1n) is 8.20. The minimum atomic E-state index is -0.384. The van der Waals surface area contributed by atoms with E-state index in [1.165, 1.54) is 0 Å². The first-order chi connectivity index (χ1) is 9.59. The number of carbonyl (C=O) groups is 2. The topological polar surface area (TPSA) is 49.4 Å². The van der Waals surface area contributed by atoms with Gasteiger partial charge in [0.25, 0.3) is 0 Å². The van der Waals surface area contributed by atoms with E-state index >= 15 is 0 Å². The summed E-state index contributed by atoms with van der Waals surface area (Å²) in [5.74, 6) is 0.603. The summed E-state index contributed by atoms with van der Waals surface area (Å²) in [5.41, 5.74) is -0.256. The highest BCUT2D eigenvalue weighted by Gasteiger charge is 2.46. The van der Waals surface area contributed by atoms with Gasteiger partial charge < -0.3 is 10.2 Å². The number of nitrogens with zero attached hydrogens (tertiary/aromatic N) is 1. The normalized spacial score (nSPS) is 25.2. The van der Waals surface area contributed by atoms with Crippen molar-refractivity contribution in [1.29, 1.82) is 0 Å². The number of piperazine rings is 1. The van der Waals surface area contributed by atoms with Gasteiger partial charge >= 0.3 is 0 Å². The monoisotopic (exact) mass is 296 g/mol. The van der Waals surface area contributed by atoms with Crippen molar-refractivity contribution in [3.05, 3.63) is 0 Å². The standard InChI is InChI=1S/C17H32N2O2/c1-8-9-12(4)10-19-14(17(5,6)7)15(20)18-13(11(2)3)16(19)21/h11-14H,8-10H2,1-7H3,(H,18,20). The fraction of sp³-hybridized carbons (Fsp3) is 0.882. The quantitative estimate of drug-likeness (QED) is 0.848. The van der Waals surface area contributed by atoms with Crippen LogP contribution in [0.15, 0.2) is 0 Å². The lowest BCUT2D eigenvalue weighted by atomic mass is 9.81. The van der Waals surface area contributed by atoms with Crippen molar-refractivity contribution in [3.8, 4) is 0 Å². The third-order valence-electron chi connectivity index (χ3n) is 4.18. The van der Waals surface area contributed by atoms with Gasteiger partial charge in [-0.25, -0.2) is 0 Å². The summed E-state index contributed by atoms with van der Waals surface area (Å²) in [5, 5.41) is 2.93. The Kier molecular flexibility index (Phi) is 5.83. The van der Waals surface area contributed by atoms with Crippen molar-refractivity contribution in [1.82, 2.24) is 10.2 Å². The van der Waals surface area contributed by atoms with E-state index in [-0.39, 0.29) is 35.2 Å². The molecule has 122 valence electrons. The van der Waals surface area contributed by atoms with Crippen LogP contribution in [-0.2, 0) is 9.59 Å². The third kappa shape index (κ3) is 4.21. The Labute approximate surface area is 129 Å². The Morgan fingerprint density at radius 1 is 1.19 bits per heavy atom. The van der Waals surface area contributed by atoms with Crippen molar-refractivity contribution in [2.24, 2.45) is 17.3 Å². The highest BCUT2D eigenvalue weighted by atomic mass is 16.2. The van der Waals surface area contributed by atoms with Gasteiger partial charge in [-0.15, -0.1) is 0 Å². The molecule has 1 aliphatic rings. The van der Waals surface area contributed by atoms with Crippen LogP contribution in [-0.4, -0.2) is 35.3 Å². The molecule has 4 heteroatoms. The number of carbonyl (C=O) groups excluding carboxylic acids is 2. The van der Waals surface area contributed by atoms with Gasteiger partial charge in [0, 0.05) is 6.54 Å². The van der Waals surface area contributed by atoms with E-state index in [1.54, 1.807) is 0 Å². The molecule has 1 aliphatic heterocycles. The van der Waals surface area contributed by atoms with Gasteiger partial charge in [-0.2, -0.15) is 0 Å². The molecule has 2 amide bonds. The van der Waals surface area contributed by atoms with Gasteiger partial charge in [-0.3, -0.25) is 9.59 Å². The summed E-state index contributed by atoms with van der Waals surface area (Å²) in [6, 6.07) is -0.760. The van der Waals surface area contributed by atoms with Crippen LogP contribution in [0.5, 0.6) is 0 Å². The zero-order valence-corrected chi connectivity index (χ0v) is 14.7. The molecule has 0 aliphatic carbocycles. The third-order valence-corrected chi connectivity index (χ3v) is 4.18. The van der Waals surface area contributed by atoms with E-state index in [9.17, 15) is 9.59 Å². The fourth-order valence-corrected chi connectivity index (χ4v) is 3.17. The van der Waals surface area contributed by atoms with Crippen molar-refractivity contribution < 1.29 is 9.59 Å². The Morgan fingerprint density at radius 3 is 2.19 bits per heavy atom. The predicted octanol–water partition coefficient (Wildman–Crippen LogP) is 2.82. The van der Waals surface area contributed by atoms with Crippen LogP contribution in [0.25, 0.3) is 0 Å². The van der Waals surface area contributed by atoms with E-state index in [4.69, 9.17) is 0 Å². The number of amides is 2. The molecule has 0 spiro atoms. The summed E-state index contributed by atoms with van der Waals surface area (Å²) in [4.78, 5) is 27.2. The number of hydrogen-bond acceptors (Lipinski definition) is 2. The molecule has 1 fully saturated rings. The Balaban J connectivity index is 3.06. The smallest absolute Gasteiger partial charge is 0.246 e. The van der Waals surface area contributed by atoms with Crippen LogP contribution in [0.2, 0.25) is 0 Å². The predicted molar refractivity (Wildman–Crippen MR) is 85.8 cm³/mol. The second-order valence-corrected chi connectivity index (χ2v) is 7.88. The van der Waals surface area contributed by atoms with Crippen LogP contribution in [0, 0.1) is 17.3 Å². The van der Waals surface area contributed by atoms with Crippen LogP contribution < -0.4 is 5.32 Å². The maximum absolute atomic E-state index is 12.8. The molecular formula is C17H32N2O2. The molecule has 3 unspecified atom stereocenters. The summed E-state index contributed by atoms with van der Waals surface area (Å²) in [7, 11) is 0. The van der Waals surface area contributed by atoms with Crippen molar-refractivity contribution in [2.45, 2.75) is 73.4 Å². The molecule has 21 heavy (non-hydrogen) atoms. The highest BCUT2D eigenvalue weighted by Crippen LogP contribution is 2.30. The molecule has 0 aromatic rings. The van der Waals surface area contributed by atoms with Gasteiger partial charge in [0.05, 0.1) is 0 Å². The lowest BCUT2D eigenvalue weighted by molar-refractivity contribution is -0.155. The summed E-state index contributed by atoms with van der Waals surface area (Å²) < 4.78 is 0. The molecule has 0 aromatic heterocycles. The zero-order chi connectivity index (χ0) is 16.4. The Morgan fingerprint density at radius 2 is 1.76 bits per heavy atom. The maximum atomic E-state index is 12.8. The van der Waals surface area contributed by atoms with Gasteiger partial charge in [0.1, 0.15) is 12.1 Å². The van der Waals surface area contributed by atoms with Gasteiger partial charge in [-0.1, -0.05) is 54.9 Å². The number of rotatable bonds is 5. The minimum absolute atomic E-state index is 0.00972. The summed E-state index contributed by atoms with van der Waals surface area (Å²) in [6.07, 6.45) is 2.18. The molecule has 1 saturated heterocycles. The van der Waals surface area contributed by atoms with E-state index in [1.807, 2.05) is 39.5 Å². The largest absolute Gasteiger partial charge is 0.342 e. The summed E-state index contributed by atoms with van der Waals surface area (Å²) in [6.45, 7) is 15.0. The molecule has 1 N–H and O–H groups in total. The molecule has 1 rings (SSSR count). The number of nitrogens with one attached hydrogen (secondary N) is 1. The van der Waals surface area contributed by atoms with Crippen molar-refractivity contribution >= 4 is 11.8 Å². The van der Waals surface area contributed by atoms with Crippen molar-refractivity contribution in [2.75, 3.05) is 6.54 Å². The first kappa shape index (κ1) is 18.0. The van der Waals surface area contributed by atoms with E-state index in [0.29, 0.717) is 12.5 Å².